The van der Waals surface area contributed by atoms with Gasteiger partial charge in [-0.2, -0.15) is 0 Å². The maximum atomic E-state index is 11.2. The molecular weight excluding hydrogens is 220 g/mol. The van der Waals surface area contributed by atoms with Crippen molar-refractivity contribution < 1.29 is 14.7 Å². The van der Waals surface area contributed by atoms with Crippen LogP contribution in [0, 0.1) is 5.92 Å². The Morgan fingerprint density at radius 3 is 2.71 bits per heavy atom. The lowest BCUT2D eigenvalue weighted by Gasteiger charge is -2.10. The monoisotopic (exact) mass is 242 g/mol. The predicted molar refractivity (Wildman–Crippen MR) is 66.7 cm³/mol. The highest BCUT2D eigenvalue weighted by Crippen LogP contribution is 2.08. The minimum absolute atomic E-state index is 0.0527. The zero-order valence-electron chi connectivity index (χ0n) is 10.4. The zero-order valence-corrected chi connectivity index (χ0v) is 10.4. The first-order chi connectivity index (χ1) is 8.06. The van der Waals surface area contributed by atoms with E-state index in [1.165, 1.54) is 0 Å². The second kappa shape index (κ2) is 9.84. The standard InChI is InChI=1S/C12H22N2O3/c1-3-7-14-11(15)9-13-8-6-10(2)4-5-12(16)17/h3,10,13H,1,4-9H2,2H3,(H,14,15)(H,16,17). The second-order valence-corrected chi connectivity index (χ2v) is 4.10. The van der Waals surface area contributed by atoms with Crippen molar-refractivity contribution in [1.29, 1.82) is 0 Å². The molecule has 0 aliphatic heterocycles. The van der Waals surface area contributed by atoms with E-state index in [-0.39, 0.29) is 12.3 Å². The molecule has 0 spiro atoms. The van der Waals surface area contributed by atoms with E-state index in [1.807, 2.05) is 6.92 Å². The molecular formula is C12H22N2O3. The Bertz CT molecular complexity index is 254. The first kappa shape index (κ1) is 15.6. The number of hydrogen-bond acceptors (Lipinski definition) is 3. The number of nitrogens with one attached hydrogen (secondary N) is 2. The summed E-state index contributed by atoms with van der Waals surface area (Å²) in [7, 11) is 0. The summed E-state index contributed by atoms with van der Waals surface area (Å²) in [6.07, 6.45) is 3.40. The molecule has 0 heterocycles. The lowest BCUT2D eigenvalue weighted by molar-refractivity contribution is -0.137. The maximum Gasteiger partial charge on any atom is 0.303 e. The summed E-state index contributed by atoms with van der Waals surface area (Å²) < 4.78 is 0. The first-order valence-electron chi connectivity index (χ1n) is 5.86. The van der Waals surface area contributed by atoms with Gasteiger partial charge in [0.1, 0.15) is 0 Å². The fourth-order valence-corrected chi connectivity index (χ4v) is 1.31. The SMILES string of the molecule is C=CCNC(=O)CNCCC(C)CCC(=O)O. The number of carbonyl (C=O) groups excluding carboxylic acids is 1. The molecule has 0 aromatic rings. The number of hydrogen-bond donors (Lipinski definition) is 3. The number of carboxylic acid groups (broad SMARTS) is 1. The zero-order chi connectivity index (χ0) is 13.1. The van der Waals surface area contributed by atoms with E-state index in [1.54, 1.807) is 6.08 Å². The summed E-state index contributed by atoms with van der Waals surface area (Å²) in [6, 6.07) is 0. The molecule has 1 amide bonds. The van der Waals surface area contributed by atoms with Crippen LogP contribution < -0.4 is 10.6 Å². The van der Waals surface area contributed by atoms with E-state index in [0.717, 1.165) is 13.0 Å². The van der Waals surface area contributed by atoms with Crippen molar-refractivity contribution in [2.45, 2.75) is 26.2 Å². The Labute approximate surface area is 102 Å². The highest BCUT2D eigenvalue weighted by atomic mass is 16.4. The molecule has 0 saturated carbocycles. The van der Waals surface area contributed by atoms with Crippen molar-refractivity contribution >= 4 is 11.9 Å². The molecule has 0 aromatic heterocycles. The van der Waals surface area contributed by atoms with E-state index >= 15 is 0 Å². The molecule has 0 radical (unpaired) electrons. The van der Waals surface area contributed by atoms with E-state index in [2.05, 4.69) is 17.2 Å². The third-order valence-corrected chi connectivity index (χ3v) is 2.39. The predicted octanol–water partition coefficient (Wildman–Crippen LogP) is 0.769. The number of amides is 1. The van der Waals surface area contributed by atoms with Crippen molar-refractivity contribution in [1.82, 2.24) is 10.6 Å². The Hall–Kier alpha value is -1.36. The second-order valence-electron chi connectivity index (χ2n) is 4.10. The van der Waals surface area contributed by atoms with Gasteiger partial charge in [0, 0.05) is 13.0 Å². The summed E-state index contributed by atoms with van der Waals surface area (Å²) in [5.74, 6) is -0.452. The molecule has 5 heteroatoms. The first-order valence-corrected chi connectivity index (χ1v) is 5.86. The Kier molecular flexibility index (Phi) is 9.05. The average molecular weight is 242 g/mol. The van der Waals surface area contributed by atoms with Crippen LogP contribution >= 0.6 is 0 Å². The van der Waals surface area contributed by atoms with Gasteiger partial charge in [-0.1, -0.05) is 13.0 Å². The number of carboxylic acids is 1. The average Bonchev–Trinajstić information content (AvgIpc) is 2.29. The number of aliphatic carboxylic acids is 1. The third kappa shape index (κ3) is 10.9. The Morgan fingerprint density at radius 2 is 2.12 bits per heavy atom. The highest BCUT2D eigenvalue weighted by molar-refractivity contribution is 5.78. The molecule has 0 aliphatic rings. The van der Waals surface area contributed by atoms with Crippen LogP contribution in [0.3, 0.4) is 0 Å². The van der Waals surface area contributed by atoms with Gasteiger partial charge in [-0.3, -0.25) is 9.59 Å². The number of carbonyl (C=O) groups is 2. The van der Waals surface area contributed by atoms with E-state index in [4.69, 9.17) is 5.11 Å². The van der Waals surface area contributed by atoms with Gasteiger partial charge >= 0.3 is 5.97 Å². The molecule has 0 fully saturated rings. The van der Waals surface area contributed by atoms with Gasteiger partial charge in [-0.05, 0) is 25.3 Å². The highest BCUT2D eigenvalue weighted by Gasteiger charge is 2.05. The summed E-state index contributed by atoms with van der Waals surface area (Å²) >= 11 is 0. The van der Waals surface area contributed by atoms with Crippen LogP contribution in [0.2, 0.25) is 0 Å². The van der Waals surface area contributed by atoms with Gasteiger partial charge in [0.15, 0.2) is 0 Å². The fraction of sp³-hybridized carbons (Fsp3) is 0.667. The molecule has 0 saturated heterocycles. The molecule has 0 rings (SSSR count). The quantitative estimate of drug-likeness (QED) is 0.390. The molecule has 1 atom stereocenters. The van der Waals surface area contributed by atoms with Crippen molar-refractivity contribution in [3.8, 4) is 0 Å². The molecule has 98 valence electrons. The Morgan fingerprint density at radius 1 is 1.41 bits per heavy atom. The van der Waals surface area contributed by atoms with Gasteiger partial charge in [0.05, 0.1) is 6.54 Å². The van der Waals surface area contributed by atoms with Crippen LogP contribution in [0.1, 0.15) is 26.2 Å². The van der Waals surface area contributed by atoms with Crippen molar-refractivity contribution in [3.05, 3.63) is 12.7 Å². The molecule has 0 aliphatic carbocycles. The van der Waals surface area contributed by atoms with Crippen LogP contribution in [-0.4, -0.2) is 36.6 Å². The summed E-state index contributed by atoms with van der Waals surface area (Å²) in [5, 5.41) is 14.2. The fourth-order valence-electron chi connectivity index (χ4n) is 1.31. The van der Waals surface area contributed by atoms with Gasteiger partial charge < -0.3 is 15.7 Å². The molecule has 5 nitrogen and oxygen atoms in total. The van der Waals surface area contributed by atoms with E-state index in [0.29, 0.717) is 25.4 Å². The van der Waals surface area contributed by atoms with Crippen LogP contribution in [0.25, 0.3) is 0 Å². The molecule has 0 bridgehead atoms. The molecule has 1 unspecified atom stereocenters. The molecule has 3 N–H and O–H groups in total. The van der Waals surface area contributed by atoms with Gasteiger partial charge in [-0.25, -0.2) is 0 Å². The normalized spacial score (nSPS) is 11.8. The molecule has 0 aromatic carbocycles. The summed E-state index contributed by atoms with van der Waals surface area (Å²) in [4.78, 5) is 21.5. The minimum Gasteiger partial charge on any atom is -0.481 e. The van der Waals surface area contributed by atoms with Crippen molar-refractivity contribution in [2.24, 2.45) is 5.92 Å². The lowest BCUT2D eigenvalue weighted by Crippen LogP contribution is -2.34. The van der Waals surface area contributed by atoms with E-state index < -0.39 is 5.97 Å². The smallest absolute Gasteiger partial charge is 0.303 e. The molecule has 17 heavy (non-hydrogen) atoms. The van der Waals surface area contributed by atoms with Gasteiger partial charge in [0.25, 0.3) is 0 Å². The van der Waals surface area contributed by atoms with Gasteiger partial charge in [0.2, 0.25) is 5.91 Å². The number of rotatable bonds is 10. The Balaban J connectivity index is 3.40. The summed E-state index contributed by atoms with van der Waals surface area (Å²) in [5.41, 5.74) is 0. The van der Waals surface area contributed by atoms with Crippen LogP contribution in [0.4, 0.5) is 0 Å². The van der Waals surface area contributed by atoms with E-state index in [9.17, 15) is 9.59 Å². The minimum atomic E-state index is -0.756. The van der Waals surface area contributed by atoms with Crippen molar-refractivity contribution in [2.75, 3.05) is 19.6 Å². The van der Waals surface area contributed by atoms with Crippen molar-refractivity contribution in [3.63, 3.8) is 0 Å². The van der Waals surface area contributed by atoms with Crippen LogP contribution in [0.15, 0.2) is 12.7 Å². The van der Waals surface area contributed by atoms with Gasteiger partial charge in [-0.15, -0.1) is 6.58 Å². The largest absolute Gasteiger partial charge is 0.481 e. The van der Waals surface area contributed by atoms with Crippen LogP contribution in [-0.2, 0) is 9.59 Å². The maximum absolute atomic E-state index is 11.2. The topological polar surface area (TPSA) is 78.4 Å². The van der Waals surface area contributed by atoms with Crippen LogP contribution in [0.5, 0.6) is 0 Å². The lowest BCUT2D eigenvalue weighted by atomic mass is 10.0. The summed E-state index contributed by atoms with van der Waals surface area (Å²) in [6.45, 7) is 7.02. The third-order valence-electron chi connectivity index (χ3n) is 2.39.